The van der Waals surface area contributed by atoms with Crippen LogP contribution in [0.3, 0.4) is 0 Å². The first-order valence-corrected chi connectivity index (χ1v) is 7.36. The summed E-state index contributed by atoms with van der Waals surface area (Å²) in [7, 11) is 4.18. The van der Waals surface area contributed by atoms with Crippen LogP contribution in [0.1, 0.15) is 39.0 Å². The van der Waals surface area contributed by atoms with Crippen LogP contribution < -0.4 is 11.5 Å². The van der Waals surface area contributed by atoms with Crippen LogP contribution in [0.4, 0.5) is 0 Å². The van der Waals surface area contributed by atoms with E-state index >= 15 is 0 Å². The third kappa shape index (κ3) is 4.75. The minimum Gasteiger partial charge on any atom is -0.368 e. The molecule has 1 saturated carbocycles. The summed E-state index contributed by atoms with van der Waals surface area (Å²) >= 11 is 0. The molecule has 0 bridgehead atoms. The highest BCUT2D eigenvalue weighted by atomic mass is 16.1. The number of primary amides is 1. The Labute approximate surface area is 117 Å². The normalized spacial score (nSPS) is 28.0. The van der Waals surface area contributed by atoms with E-state index in [1.54, 1.807) is 0 Å². The molecule has 1 aliphatic carbocycles. The van der Waals surface area contributed by atoms with Gasteiger partial charge in [-0.05, 0) is 65.8 Å². The molecule has 0 aromatic rings. The average molecular weight is 270 g/mol. The second-order valence-corrected chi connectivity index (χ2v) is 6.06. The lowest BCUT2D eigenvalue weighted by Crippen LogP contribution is -2.58. The fraction of sp³-hybridized carbons (Fsp3) is 0.929. The van der Waals surface area contributed by atoms with Gasteiger partial charge in [0.1, 0.15) is 0 Å². The molecule has 0 heterocycles. The van der Waals surface area contributed by atoms with Gasteiger partial charge in [0.25, 0.3) is 0 Å². The maximum Gasteiger partial charge on any atom is 0.237 e. The summed E-state index contributed by atoms with van der Waals surface area (Å²) in [4.78, 5) is 16.2. The van der Waals surface area contributed by atoms with Crippen LogP contribution in [0.15, 0.2) is 0 Å². The van der Waals surface area contributed by atoms with Crippen LogP contribution in [-0.2, 0) is 4.79 Å². The SMILES string of the molecule is CCN(CCCN(C)C)C1CCCC(N)(C(N)=O)C1. The van der Waals surface area contributed by atoms with Crippen molar-refractivity contribution in [3.05, 3.63) is 0 Å². The molecule has 2 unspecified atom stereocenters. The second kappa shape index (κ2) is 7.22. The van der Waals surface area contributed by atoms with Gasteiger partial charge in [-0.25, -0.2) is 0 Å². The Balaban J connectivity index is 2.53. The molecule has 4 N–H and O–H groups in total. The van der Waals surface area contributed by atoms with E-state index in [-0.39, 0.29) is 5.91 Å². The van der Waals surface area contributed by atoms with Gasteiger partial charge >= 0.3 is 0 Å². The average Bonchev–Trinajstić information content (AvgIpc) is 2.34. The van der Waals surface area contributed by atoms with Crippen molar-refractivity contribution >= 4 is 5.91 Å². The second-order valence-electron chi connectivity index (χ2n) is 6.06. The van der Waals surface area contributed by atoms with Crippen molar-refractivity contribution in [1.29, 1.82) is 0 Å². The molecular weight excluding hydrogens is 240 g/mol. The van der Waals surface area contributed by atoms with Gasteiger partial charge in [0.05, 0.1) is 5.54 Å². The van der Waals surface area contributed by atoms with E-state index in [0.29, 0.717) is 12.5 Å². The first-order valence-electron chi connectivity index (χ1n) is 7.36. The van der Waals surface area contributed by atoms with Crippen molar-refractivity contribution in [2.45, 2.75) is 50.6 Å². The van der Waals surface area contributed by atoms with Crippen LogP contribution in [-0.4, -0.2) is 61.0 Å². The first-order chi connectivity index (χ1) is 8.89. The molecule has 1 aliphatic rings. The molecular formula is C14H30N4O. The monoisotopic (exact) mass is 270 g/mol. The molecule has 0 aliphatic heterocycles. The number of rotatable bonds is 7. The standard InChI is InChI=1S/C14H30N4O/c1-4-18(10-6-9-17(2)3)12-7-5-8-14(16,11-12)13(15)19/h12H,4-11,16H2,1-3H3,(H2,15,19). The van der Waals surface area contributed by atoms with Crippen molar-refractivity contribution in [2.75, 3.05) is 33.7 Å². The molecule has 5 heteroatoms. The van der Waals surface area contributed by atoms with Gasteiger partial charge in [-0.15, -0.1) is 0 Å². The van der Waals surface area contributed by atoms with Crippen LogP contribution in [0.25, 0.3) is 0 Å². The number of amides is 1. The number of carbonyl (C=O) groups excluding carboxylic acids is 1. The fourth-order valence-corrected chi connectivity index (χ4v) is 3.00. The number of nitrogens with zero attached hydrogens (tertiary/aromatic N) is 2. The Kier molecular flexibility index (Phi) is 6.23. The number of nitrogens with two attached hydrogens (primary N) is 2. The Bertz CT molecular complexity index is 295. The minimum atomic E-state index is -0.794. The zero-order valence-corrected chi connectivity index (χ0v) is 12.7. The van der Waals surface area contributed by atoms with E-state index in [9.17, 15) is 4.79 Å². The van der Waals surface area contributed by atoms with E-state index in [0.717, 1.165) is 45.3 Å². The molecule has 5 nitrogen and oxygen atoms in total. The smallest absolute Gasteiger partial charge is 0.237 e. The molecule has 0 spiro atoms. The quantitative estimate of drug-likeness (QED) is 0.701. The molecule has 0 radical (unpaired) electrons. The Morgan fingerprint density at radius 1 is 1.37 bits per heavy atom. The van der Waals surface area contributed by atoms with Crippen LogP contribution >= 0.6 is 0 Å². The summed E-state index contributed by atoms with van der Waals surface area (Å²) in [6.45, 7) is 5.33. The largest absolute Gasteiger partial charge is 0.368 e. The lowest BCUT2D eigenvalue weighted by atomic mass is 9.78. The van der Waals surface area contributed by atoms with E-state index < -0.39 is 5.54 Å². The van der Waals surface area contributed by atoms with Gasteiger partial charge in [-0.2, -0.15) is 0 Å². The summed E-state index contributed by atoms with van der Waals surface area (Å²) in [5.74, 6) is -0.346. The molecule has 0 aromatic carbocycles. The Hall–Kier alpha value is -0.650. The lowest BCUT2D eigenvalue weighted by molar-refractivity contribution is -0.125. The number of carbonyl (C=O) groups is 1. The summed E-state index contributed by atoms with van der Waals surface area (Å²) in [5.41, 5.74) is 10.8. The summed E-state index contributed by atoms with van der Waals surface area (Å²) in [6, 6.07) is 0.401. The predicted molar refractivity (Wildman–Crippen MR) is 78.8 cm³/mol. The number of hydrogen-bond donors (Lipinski definition) is 2. The zero-order chi connectivity index (χ0) is 14.5. The minimum absolute atomic E-state index is 0.346. The van der Waals surface area contributed by atoms with Crippen molar-refractivity contribution in [3.8, 4) is 0 Å². The lowest BCUT2D eigenvalue weighted by Gasteiger charge is -2.41. The van der Waals surface area contributed by atoms with Crippen LogP contribution in [0.2, 0.25) is 0 Å². The molecule has 2 atom stereocenters. The highest BCUT2D eigenvalue weighted by molar-refractivity contribution is 5.84. The van der Waals surface area contributed by atoms with Gasteiger partial charge in [-0.1, -0.05) is 6.92 Å². The van der Waals surface area contributed by atoms with Gasteiger partial charge < -0.3 is 21.3 Å². The van der Waals surface area contributed by atoms with Crippen molar-refractivity contribution in [3.63, 3.8) is 0 Å². The molecule has 19 heavy (non-hydrogen) atoms. The van der Waals surface area contributed by atoms with Crippen LogP contribution in [0, 0.1) is 0 Å². The predicted octanol–water partition coefficient (Wildman–Crippen LogP) is 0.385. The molecule has 1 amide bonds. The van der Waals surface area contributed by atoms with Gasteiger partial charge in [0.2, 0.25) is 5.91 Å². The van der Waals surface area contributed by atoms with Gasteiger partial charge in [0, 0.05) is 6.04 Å². The molecule has 0 aromatic heterocycles. The highest BCUT2D eigenvalue weighted by Gasteiger charge is 2.39. The molecule has 1 fully saturated rings. The van der Waals surface area contributed by atoms with E-state index in [1.807, 2.05) is 0 Å². The van der Waals surface area contributed by atoms with Gasteiger partial charge in [-0.3, -0.25) is 4.79 Å². The van der Waals surface area contributed by atoms with E-state index in [4.69, 9.17) is 11.5 Å². The maximum absolute atomic E-state index is 11.5. The zero-order valence-electron chi connectivity index (χ0n) is 12.7. The summed E-state index contributed by atoms with van der Waals surface area (Å²) in [5, 5.41) is 0. The Morgan fingerprint density at radius 2 is 2.05 bits per heavy atom. The van der Waals surface area contributed by atoms with Crippen molar-refractivity contribution in [1.82, 2.24) is 9.80 Å². The van der Waals surface area contributed by atoms with Gasteiger partial charge in [0.15, 0.2) is 0 Å². The molecule has 0 saturated heterocycles. The van der Waals surface area contributed by atoms with Crippen molar-refractivity contribution < 1.29 is 4.79 Å². The third-order valence-corrected chi connectivity index (χ3v) is 4.22. The summed E-state index contributed by atoms with van der Waals surface area (Å²) in [6.07, 6.45) is 4.70. The molecule has 112 valence electrons. The third-order valence-electron chi connectivity index (χ3n) is 4.22. The Morgan fingerprint density at radius 3 is 2.58 bits per heavy atom. The maximum atomic E-state index is 11.5. The van der Waals surface area contributed by atoms with E-state index in [2.05, 4.69) is 30.8 Å². The highest BCUT2D eigenvalue weighted by Crippen LogP contribution is 2.29. The molecule has 1 rings (SSSR count). The van der Waals surface area contributed by atoms with E-state index in [1.165, 1.54) is 0 Å². The first kappa shape index (κ1) is 16.4. The number of hydrogen-bond acceptors (Lipinski definition) is 4. The topological polar surface area (TPSA) is 75.6 Å². The van der Waals surface area contributed by atoms with Crippen LogP contribution in [0.5, 0.6) is 0 Å². The van der Waals surface area contributed by atoms with Crippen molar-refractivity contribution in [2.24, 2.45) is 11.5 Å². The fourth-order valence-electron chi connectivity index (χ4n) is 3.00. The summed E-state index contributed by atoms with van der Waals surface area (Å²) < 4.78 is 0.